The number of hydrogen-bond acceptors (Lipinski definition) is 4. The Bertz CT molecular complexity index is 693. The average Bonchev–Trinajstić information content (AvgIpc) is 3.42. The van der Waals surface area contributed by atoms with E-state index in [0.717, 1.165) is 38.0 Å². The summed E-state index contributed by atoms with van der Waals surface area (Å²) in [7, 11) is 0. The van der Waals surface area contributed by atoms with E-state index < -0.39 is 0 Å². The highest BCUT2D eigenvalue weighted by atomic mass is 16.2. The smallest absolute Gasteiger partial charge is 0.274 e. The molecule has 1 atom stereocenters. The molecule has 2 amide bonds. The predicted octanol–water partition coefficient (Wildman–Crippen LogP) is 2.87. The fourth-order valence-corrected chi connectivity index (χ4v) is 4.91. The molecular weight excluding hydrogens is 340 g/mol. The molecule has 1 saturated heterocycles. The molecule has 1 spiro atoms. The zero-order chi connectivity index (χ0) is 18.9. The third kappa shape index (κ3) is 4.14. The molecule has 2 heterocycles. The number of rotatable bonds is 5. The van der Waals surface area contributed by atoms with Crippen LogP contribution >= 0.6 is 0 Å². The van der Waals surface area contributed by atoms with E-state index in [1.165, 1.54) is 32.1 Å². The van der Waals surface area contributed by atoms with E-state index in [1.54, 1.807) is 12.4 Å². The maximum absolute atomic E-state index is 13.0. The lowest BCUT2D eigenvalue weighted by Gasteiger charge is -2.38. The number of aryl methyl sites for hydroxylation is 1. The Kier molecular flexibility index (Phi) is 5.15. The summed E-state index contributed by atoms with van der Waals surface area (Å²) in [5, 5.41) is 3.10. The van der Waals surface area contributed by atoms with Gasteiger partial charge in [-0.1, -0.05) is 19.3 Å². The summed E-state index contributed by atoms with van der Waals surface area (Å²) in [6.07, 6.45) is 13.0. The van der Waals surface area contributed by atoms with Crippen molar-refractivity contribution < 1.29 is 9.59 Å². The summed E-state index contributed by atoms with van der Waals surface area (Å²) < 4.78 is 0. The van der Waals surface area contributed by atoms with Crippen molar-refractivity contribution in [2.24, 2.45) is 11.3 Å². The molecular formula is C21H30N4O2. The van der Waals surface area contributed by atoms with Crippen LogP contribution in [0.2, 0.25) is 0 Å². The number of amides is 2. The van der Waals surface area contributed by atoms with Gasteiger partial charge in [0.05, 0.1) is 11.9 Å². The number of nitrogens with zero attached hydrogens (tertiary/aromatic N) is 3. The number of nitrogens with one attached hydrogen (secondary N) is 1. The van der Waals surface area contributed by atoms with E-state index in [9.17, 15) is 9.59 Å². The highest BCUT2D eigenvalue weighted by molar-refractivity contribution is 5.92. The molecule has 1 aliphatic heterocycles. The molecule has 2 aliphatic carbocycles. The van der Waals surface area contributed by atoms with Gasteiger partial charge in [-0.05, 0) is 50.4 Å². The molecule has 0 bridgehead atoms. The molecule has 1 aromatic heterocycles. The monoisotopic (exact) mass is 370 g/mol. The number of hydrogen-bond donors (Lipinski definition) is 1. The third-order valence-electron chi connectivity index (χ3n) is 6.61. The van der Waals surface area contributed by atoms with Gasteiger partial charge in [0.25, 0.3) is 5.91 Å². The topological polar surface area (TPSA) is 75.2 Å². The minimum absolute atomic E-state index is 0.0163. The van der Waals surface area contributed by atoms with Gasteiger partial charge in [-0.2, -0.15) is 0 Å². The SMILES string of the molecule is Cc1cnc(C(=O)N2CC(CCC(=O)NC3CC3)C3(CCCCC3)C2)cn1. The molecule has 0 radical (unpaired) electrons. The van der Waals surface area contributed by atoms with Crippen molar-refractivity contribution in [1.82, 2.24) is 20.2 Å². The molecule has 146 valence electrons. The van der Waals surface area contributed by atoms with Gasteiger partial charge >= 0.3 is 0 Å². The zero-order valence-electron chi connectivity index (χ0n) is 16.2. The Morgan fingerprint density at radius 1 is 1.19 bits per heavy atom. The fourth-order valence-electron chi connectivity index (χ4n) is 4.91. The van der Waals surface area contributed by atoms with Crippen LogP contribution < -0.4 is 5.32 Å². The van der Waals surface area contributed by atoms with Gasteiger partial charge in [0, 0.05) is 31.7 Å². The molecule has 0 aromatic carbocycles. The van der Waals surface area contributed by atoms with E-state index in [-0.39, 0.29) is 17.2 Å². The van der Waals surface area contributed by atoms with Crippen LogP contribution in [0, 0.1) is 18.3 Å². The molecule has 4 rings (SSSR count). The quantitative estimate of drug-likeness (QED) is 0.865. The predicted molar refractivity (Wildman–Crippen MR) is 102 cm³/mol. The summed E-state index contributed by atoms with van der Waals surface area (Å²) in [5.74, 6) is 0.570. The fraction of sp³-hybridized carbons (Fsp3) is 0.714. The first-order chi connectivity index (χ1) is 13.1. The number of carbonyl (C=O) groups excluding carboxylic acids is 2. The second-order valence-electron chi connectivity index (χ2n) is 8.73. The average molecular weight is 370 g/mol. The van der Waals surface area contributed by atoms with Gasteiger partial charge in [-0.3, -0.25) is 14.6 Å². The molecule has 27 heavy (non-hydrogen) atoms. The van der Waals surface area contributed by atoms with Crippen LogP contribution in [0.4, 0.5) is 0 Å². The Hall–Kier alpha value is -1.98. The van der Waals surface area contributed by atoms with Crippen molar-refractivity contribution in [3.63, 3.8) is 0 Å². The van der Waals surface area contributed by atoms with Crippen molar-refractivity contribution in [2.75, 3.05) is 13.1 Å². The normalized spacial score (nSPS) is 24.2. The summed E-state index contributed by atoms with van der Waals surface area (Å²) >= 11 is 0. The van der Waals surface area contributed by atoms with E-state index >= 15 is 0 Å². The van der Waals surface area contributed by atoms with Gasteiger partial charge in [-0.15, -0.1) is 0 Å². The molecule has 1 aromatic rings. The summed E-state index contributed by atoms with van der Waals surface area (Å²) in [6, 6.07) is 0.419. The van der Waals surface area contributed by atoms with Crippen LogP contribution in [-0.2, 0) is 4.79 Å². The molecule has 3 fully saturated rings. The minimum atomic E-state index is -0.0163. The van der Waals surface area contributed by atoms with Crippen molar-refractivity contribution in [1.29, 1.82) is 0 Å². The maximum atomic E-state index is 13.0. The second-order valence-corrected chi connectivity index (χ2v) is 8.73. The summed E-state index contributed by atoms with van der Waals surface area (Å²) in [4.78, 5) is 35.6. The van der Waals surface area contributed by atoms with Crippen LogP contribution in [0.15, 0.2) is 12.4 Å². The highest BCUT2D eigenvalue weighted by Crippen LogP contribution is 2.49. The lowest BCUT2D eigenvalue weighted by atomic mass is 9.66. The van der Waals surface area contributed by atoms with Crippen LogP contribution in [0.1, 0.15) is 74.0 Å². The lowest BCUT2D eigenvalue weighted by molar-refractivity contribution is -0.121. The van der Waals surface area contributed by atoms with Gasteiger partial charge in [0.15, 0.2) is 0 Å². The zero-order valence-corrected chi connectivity index (χ0v) is 16.2. The first-order valence-corrected chi connectivity index (χ1v) is 10.4. The summed E-state index contributed by atoms with van der Waals surface area (Å²) in [6.45, 7) is 3.41. The molecule has 6 nitrogen and oxygen atoms in total. The Morgan fingerprint density at radius 2 is 1.96 bits per heavy atom. The first kappa shape index (κ1) is 18.4. The van der Waals surface area contributed by atoms with Crippen LogP contribution in [-0.4, -0.2) is 45.8 Å². The van der Waals surface area contributed by atoms with E-state index in [4.69, 9.17) is 0 Å². The molecule has 6 heteroatoms. The molecule has 1 unspecified atom stereocenters. The van der Waals surface area contributed by atoms with Crippen LogP contribution in [0.3, 0.4) is 0 Å². The van der Waals surface area contributed by atoms with Crippen molar-refractivity contribution in [3.05, 3.63) is 23.8 Å². The number of carbonyl (C=O) groups is 2. The van der Waals surface area contributed by atoms with Crippen LogP contribution in [0.25, 0.3) is 0 Å². The van der Waals surface area contributed by atoms with Crippen molar-refractivity contribution in [3.8, 4) is 0 Å². The lowest BCUT2D eigenvalue weighted by Crippen LogP contribution is -2.35. The Morgan fingerprint density at radius 3 is 2.63 bits per heavy atom. The second kappa shape index (κ2) is 7.56. The van der Waals surface area contributed by atoms with E-state index in [2.05, 4.69) is 15.3 Å². The highest BCUT2D eigenvalue weighted by Gasteiger charge is 2.48. The van der Waals surface area contributed by atoms with Crippen molar-refractivity contribution >= 4 is 11.8 Å². The standard InChI is InChI=1S/C21H30N4O2/c1-15-11-23-18(12-22-15)20(27)25-13-16(5-8-19(26)24-17-6-7-17)21(14-25)9-3-2-4-10-21/h11-12,16-17H,2-10,13-14H2,1H3,(H,24,26). The molecule has 2 saturated carbocycles. The number of aromatic nitrogens is 2. The van der Waals surface area contributed by atoms with Crippen LogP contribution in [0.5, 0.6) is 0 Å². The summed E-state index contributed by atoms with van der Waals surface area (Å²) in [5.41, 5.74) is 1.43. The van der Waals surface area contributed by atoms with E-state index in [0.29, 0.717) is 24.1 Å². The third-order valence-corrected chi connectivity index (χ3v) is 6.61. The Balaban J connectivity index is 1.44. The van der Waals surface area contributed by atoms with E-state index in [1.807, 2.05) is 11.8 Å². The Labute approximate surface area is 161 Å². The van der Waals surface area contributed by atoms with Gasteiger partial charge in [-0.25, -0.2) is 4.98 Å². The van der Waals surface area contributed by atoms with Gasteiger partial charge in [0.1, 0.15) is 5.69 Å². The largest absolute Gasteiger partial charge is 0.353 e. The molecule has 3 aliphatic rings. The van der Waals surface area contributed by atoms with Gasteiger partial charge < -0.3 is 10.2 Å². The first-order valence-electron chi connectivity index (χ1n) is 10.4. The maximum Gasteiger partial charge on any atom is 0.274 e. The van der Waals surface area contributed by atoms with Gasteiger partial charge in [0.2, 0.25) is 5.91 Å². The molecule has 1 N–H and O–H groups in total. The van der Waals surface area contributed by atoms with Crippen molar-refractivity contribution in [2.45, 2.75) is 70.8 Å². The number of likely N-dealkylation sites (tertiary alicyclic amines) is 1. The minimum Gasteiger partial charge on any atom is -0.353 e.